The van der Waals surface area contributed by atoms with Crippen LogP contribution in [0.1, 0.15) is 11.1 Å². The zero-order chi connectivity index (χ0) is 28.4. The fourth-order valence-corrected chi connectivity index (χ4v) is 6.03. The van der Waals surface area contributed by atoms with Crippen molar-refractivity contribution in [3.63, 3.8) is 0 Å². The number of carbonyl (C=O) groups is 1. The lowest BCUT2D eigenvalue weighted by Gasteiger charge is -2.37. The molecule has 7 nitrogen and oxygen atoms in total. The van der Waals surface area contributed by atoms with Gasteiger partial charge >= 0.3 is 6.18 Å². The first-order valence-corrected chi connectivity index (χ1v) is 13.5. The topological polar surface area (TPSA) is 70.2 Å². The van der Waals surface area contributed by atoms with Crippen molar-refractivity contribution in [1.82, 2.24) is 4.90 Å². The normalized spacial score (nSPS) is 14.3. The van der Waals surface area contributed by atoms with Gasteiger partial charge in [-0.1, -0.05) is 24.3 Å². The van der Waals surface area contributed by atoms with E-state index in [9.17, 15) is 30.8 Å². The zero-order valence-corrected chi connectivity index (χ0v) is 22.1. The van der Waals surface area contributed by atoms with Crippen molar-refractivity contribution in [3.8, 4) is 5.75 Å². The molecule has 1 saturated heterocycles. The number of para-hydroxylation sites is 1. The zero-order valence-electron chi connectivity index (χ0n) is 21.3. The molecule has 0 N–H and O–H groups in total. The van der Waals surface area contributed by atoms with E-state index in [2.05, 4.69) is 0 Å². The molecular weight excluding hydrogens is 538 g/mol. The molecule has 0 spiro atoms. The summed E-state index contributed by atoms with van der Waals surface area (Å²) in [6.45, 7) is 1.88. The summed E-state index contributed by atoms with van der Waals surface area (Å²) in [4.78, 5) is 16.3. The van der Waals surface area contributed by atoms with Crippen molar-refractivity contribution < 1.29 is 35.5 Å². The molecule has 0 saturated carbocycles. The maximum absolute atomic E-state index is 14.2. The maximum Gasteiger partial charge on any atom is 0.416 e. The van der Waals surface area contributed by atoms with Crippen LogP contribution in [0.2, 0.25) is 0 Å². The van der Waals surface area contributed by atoms with Crippen LogP contribution in [-0.4, -0.2) is 59.1 Å². The molecule has 39 heavy (non-hydrogen) atoms. The highest BCUT2D eigenvalue weighted by molar-refractivity contribution is 7.93. The van der Waals surface area contributed by atoms with E-state index in [1.807, 2.05) is 0 Å². The molecule has 12 heteroatoms. The smallest absolute Gasteiger partial charge is 0.416 e. The molecule has 0 atom stereocenters. The summed E-state index contributed by atoms with van der Waals surface area (Å²) in [6.07, 6.45) is -4.72. The van der Waals surface area contributed by atoms with Gasteiger partial charge in [0.2, 0.25) is 5.91 Å². The Kier molecular flexibility index (Phi) is 8.05. The van der Waals surface area contributed by atoms with Gasteiger partial charge in [-0.25, -0.2) is 12.8 Å². The van der Waals surface area contributed by atoms with E-state index in [1.165, 1.54) is 36.3 Å². The molecule has 1 fully saturated rings. The summed E-state index contributed by atoms with van der Waals surface area (Å²) in [6, 6.07) is 14.5. The standard InChI is InChI=1S/C27H27F4N3O4S/c1-19-10-11-24(38-2)25(16-19)39(36,37)34(21-7-5-6-20(17-21)27(29,30)31)18-26(35)33-14-12-32(13-15-33)23-9-4-3-8-22(23)28/h3-11,16-17H,12-15,18H2,1-2H3. The minimum absolute atomic E-state index is 0.0106. The highest BCUT2D eigenvalue weighted by Gasteiger charge is 2.35. The van der Waals surface area contributed by atoms with Gasteiger partial charge in [0, 0.05) is 26.2 Å². The van der Waals surface area contributed by atoms with Gasteiger partial charge in [0.05, 0.1) is 24.0 Å². The Hall–Kier alpha value is -3.80. The van der Waals surface area contributed by atoms with Crippen molar-refractivity contribution in [2.75, 3.05) is 49.0 Å². The molecular formula is C27H27F4N3O4S. The Morgan fingerprint density at radius 1 is 0.974 bits per heavy atom. The fraction of sp³-hybridized carbons (Fsp3) is 0.296. The Bertz CT molecular complexity index is 1460. The number of benzene rings is 3. The van der Waals surface area contributed by atoms with Crippen LogP contribution in [-0.2, 0) is 21.0 Å². The molecule has 4 rings (SSSR count). The number of halogens is 4. The van der Waals surface area contributed by atoms with Crippen LogP contribution in [0.15, 0.2) is 71.6 Å². The van der Waals surface area contributed by atoms with E-state index in [0.29, 0.717) is 34.7 Å². The molecule has 0 radical (unpaired) electrons. The van der Waals surface area contributed by atoms with E-state index >= 15 is 0 Å². The van der Waals surface area contributed by atoms with Crippen LogP contribution in [0, 0.1) is 12.7 Å². The van der Waals surface area contributed by atoms with Crippen LogP contribution in [0.5, 0.6) is 5.75 Å². The minimum atomic E-state index is -4.72. The number of aryl methyl sites for hydroxylation is 1. The van der Waals surface area contributed by atoms with Gasteiger partial charge in [0.25, 0.3) is 10.0 Å². The van der Waals surface area contributed by atoms with Crippen molar-refractivity contribution in [2.24, 2.45) is 0 Å². The highest BCUT2D eigenvalue weighted by Crippen LogP contribution is 2.35. The number of methoxy groups -OCH3 is 1. The second kappa shape index (κ2) is 11.1. The monoisotopic (exact) mass is 565 g/mol. The number of anilines is 2. The van der Waals surface area contributed by atoms with Crippen molar-refractivity contribution in [1.29, 1.82) is 0 Å². The number of ether oxygens (including phenoxy) is 1. The summed E-state index contributed by atoms with van der Waals surface area (Å²) in [7, 11) is -3.26. The summed E-state index contributed by atoms with van der Waals surface area (Å²) < 4.78 is 88.3. The van der Waals surface area contributed by atoms with Gasteiger partial charge in [0.1, 0.15) is 23.0 Å². The predicted molar refractivity (Wildman–Crippen MR) is 139 cm³/mol. The summed E-state index contributed by atoms with van der Waals surface area (Å²) in [5, 5.41) is 0. The van der Waals surface area contributed by atoms with E-state index < -0.39 is 40.0 Å². The number of carbonyl (C=O) groups excluding carboxylic acids is 1. The molecule has 3 aromatic rings. The lowest BCUT2D eigenvalue weighted by atomic mass is 10.2. The molecule has 0 aliphatic carbocycles. The third-order valence-electron chi connectivity index (χ3n) is 6.45. The predicted octanol–water partition coefficient (Wildman–Crippen LogP) is 4.71. The SMILES string of the molecule is COc1ccc(C)cc1S(=O)(=O)N(CC(=O)N1CCN(c2ccccc2F)CC1)c1cccc(C(F)(F)F)c1. The summed E-state index contributed by atoms with van der Waals surface area (Å²) in [5.41, 5.74) is -0.396. The Labute approximate surface area is 224 Å². The maximum atomic E-state index is 14.2. The van der Waals surface area contributed by atoms with Gasteiger partial charge in [-0.3, -0.25) is 9.10 Å². The van der Waals surface area contributed by atoms with Crippen molar-refractivity contribution in [2.45, 2.75) is 18.0 Å². The number of amides is 1. The molecule has 1 amide bonds. The summed E-state index contributed by atoms with van der Waals surface area (Å²) >= 11 is 0. The lowest BCUT2D eigenvalue weighted by Crippen LogP contribution is -2.52. The highest BCUT2D eigenvalue weighted by atomic mass is 32.2. The fourth-order valence-electron chi connectivity index (χ4n) is 4.38. The van der Waals surface area contributed by atoms with Crippen LogP contribution in [0.3, 0.4) is 0 Å². The first-order chi connectivity index (χ1) is 18.4. The molecule has 208 valence electrons. The van der Waals surface area contributed by atoms with E-state index in [4.69, 9.17) is 4.74 Å². The third-order valence-corrected chi connectivity index (χ3v) is 8.25. The van der Waals surface area contributed by atoms with Crippen LogP contribution >= 0.6 is 0 Å². The molecule has 1 heterocycles. The van der Waals surface area contributed by atoms with E-state index in [1.54, 1.807) is 36.1 Å². The molecule has 0 aromatic heterocycles. The number of hydrogen-bond acceptors (Lipinski definition) is 5. The third kappa shape index (κ3) is 6.11. The molecule has 1 aliphatic rings. The number of rotatable bonds is 7. The first kappa shape index (κ1) is 28.2. The van der Waals surface area contributed by atoms with Gasteiger partial charge < -0.3 is 14.5 Å². The van der Waals surface area contributed by atoms with Crippen molar-refractivity contribution >= 4 is 27.3 Å². The first-order valence-electron chi connectivity index (χ1n) is 12.0. The number of alkyl halides is 3. The quantitative estimate of drug-likeness (QED) is 0.389. The molecule has 3 aromatic carbocycles. The average Bonchev–Trinajstić information content (AvgIpc) is 2.91. The lowest BCUT2D eigenvalue weighted by molar-refractivity contribution is -0.137. The largest absolute Gasteiger partial charge is 0.495 e. The second-order valence-electron chi connectivity index (χ2n) is 9.03. The number of hydrogen-bond donors (Lipinski definition) is 0. The number of sulfonamides is 1. The summed E-state index contributed by atoms with van der Waals surface area (Å²) in [5.74, 6) is -1.01. The average molecular weight is 566 g/mol. The van der Waals surface area contributed by atoms with Gasteiger partial charge in [-0.15, -0.1) is 0 Å². The van der Waals surface area contributed by atoms with E-state index in [0.717, 1.165) is 12.1 Å². The van der Waals surface area contributed by atoms with E-state index in [-0.39, 0.29) is 29.4 Å². The Balaban J connectivity index is 1.65. The minimum Gasteiger partial charge on any atom is -0.495 e. The van der Waals surface area contributed by atoms with Gasteiger partial charge in [0.15, 0.2) is 0 Å². The number of nitrogens with zero attached hydrogens (tertiary/aromatic N) is 3. The van der Waals surface area contributed by atoms with Crippen LogP contribution in [0.25, 0.3) is 0 Å². The van der Waals surface area contributed by atoms with Crippen LogP contribution < -0.4 is 13.9 Å². The number of piperazine rings is 1. The van der Waals surface area contributed by atoms with Crippen molar-refractivity contribution in [3.05, 3.63) is 83.7 Å². The Morgan fingerprint density at radius 3 is 2.31 bits per heavy atom. The Morgan fingerprint density at radius 2 is 1.67 bits per heavy atom. The second-order valence-corrected chi connectivity index (χ2v) is 10.9. The van der Waals surface area contributed by atoms with Crippen LogP contribution in [0.4, 0.5) is 28.9 Å². The molecule has 1 aliphatic heterocycles. The molecule has 0 bridgehead atoms. The van der Waals surface area contributed by atoms with Gasteiger partial charge in [-0.05, 0) is 55.0 Å². The van der Waals surface area contributed by atoms with Gasteiger partial charge in [-0.2, -0.15) is 13.2 Å². The molecule has 0 unspecified atom stereocenters.